The van der Waals surface area contributed by atoms with E-state index >= 15 is 0 Å². The number of rotatable bonds is 6. The SMILES string of the molecule is CNc1cc(C(=O)NCCn2ccnn2)ccc1[N+](=O)[O-]. The summed E-state index contributed by atoms with van der Waals surface area (Å²) >= 11 is 0. The molecule has 1 amide bonds. The monoisotopic (exact) mass is 290 g/mol. The topological polar surface area (TPSA) is 115 Å². The van der Waals surface area contributed by atoms with Crippen LogP contribution in [0.15, 0.2) is 30.6 Å². The van der Waals surface area contributed by atoms with E-state index in [-0.39, 0.29) is 11.6 Å². The summed E-state index contributed by atoms with van der Waals surface area (Å²) in [4.78, 5) is 22.3. The minimum absolute atomic E-state index is 0.0725. The smallest absolute Gasteiger partial charge is 0.292 e. The molecule has 0 fully saturated rings. The molecule has 0 saturated heterocycles. The lowest BCUT2D eigenvalue weighted by molar-refractivity contribution is -0.383. The first-order valence-corrected chi connectivity index (χ1v) is 6.20. The lowest BCUT2D eigenvalue weighted by atomic mass is 10.1. The van der Waals surface area contributed by atoms with E-state index in [0.717, 1.165) is 0 Å². The van der Waals surface area contributed by atoms with E-state index in [1.807, 2.05) is 0 Å². The van der Waals surface area contributed by atoms with E-state index < -0.39 is 4.92 Å². The number of nitro benzene ring substituents is 1. The van der Waals surface area contributed by atoms with E-state index in [1.54, 1.807) is 24.1 Å². The van der Waals surface area contributed by atoms with Gasteiger partial charge in [0.25, 0.3) is 11.6 Å². The third-order valence-corrected chi connectivity index (χ3v) is 2.82. The molecule has 1 aromatic heterocycles. The fourth-order valence-corrected chi connectivity index (χ4v) is 1.77. The number of hydrogen-bond acceptors (Lipinski definition) is 6. The van der Waals surface area contributed by atoms with Crippen LogP contribution >= 0.6 is 0 Å². The Kier molecular flexibility index (Phi) is 4.44. The molecule has 0 radical (unpaired) electrons. The third-order valence-electron chi connectivity index (χ3n) is 2.82. The Morgan fingerprint density at radius 1 is 1.48 bits per heavy atom. The third kappa shape index (κ3) is 3.53. The molecule has 2 N–H and O–H groups in total. The highest BCUT2D eigenvalue weighted by atomic mass is 16.6. The molecule has 0 aliphatic carbocycles. The largest absolute Gasteiger partial charge is 0.383 e. The number of carbonyl (C=O) groups is 1. The molecule has 9 nitrogen and oxygen atoms in total. The molecule has 2 aromatic rings. The summed E-state index contributed by atoms with van der Waals surface area (Å²) in [6.45, 7) is 0.881. The average molecular weight is 290 g/mol. The molecule has 0 bridgehead atoms. The van der Waals surface area contributed by atoms with Gasteiger partial charge in [-0.2, -0.15) is 0 Å². The molecule has 2 rings (SSSR count). The van der Waals surface area contributed by atoms with Crippen molar-refractivity contribution in [3.63, 3.8) is 0 Å². The maximum atomic E-state index is 12.0. The van der Waals surface area contributed by atoms with Crippen molar-refractivity contribution in [2.24, 2.45) is 0 Å². The van der Waals surface area contributed by atoms with Crippen LogP contribution in [0.2, 0.25) is 0 Å². The van der Waals surface area contributed by atoms with Gasteiger partial charge in [0.1, 0.15) is 5.69 Å². The van der Waals surface area contributed by atoms with Crippen molar-refractivity contribution >= 4 is 17.3 Å². The van der Waals surface area contributed by atoms with Crippen molar-refractivity contribution in [1.29, 1.82) is 0 Å². The Morgan fingerprint density at radius 3 is 2.90 bits per heavy atom. The molecule has 0 saturated carbocycles. The second-order valence-electron chi connectivity index (χ2n) is 4.16. The van der Waals surface area contributed by atoms with Crippen molar-refractivity contribution in [1.82, 2.24) is 20.3 Å². The maximum absolute atomic E-state index is 12.0. The highest BCUT2D eigenvalue weighted by molar-refractivity contribution is 5.95. The molecule has 0 atom stereocenters. The van der Waals surface area contributed by atoms with Gasteiger partial charge in [0.05, 0.1) is 17.7 Å². The van der Waals surface area contributed by atoms with Crippen molar-refractivity contribution in [3.05, 3.63) is 46.3 Å². The molecule has 21 heavy (non-hydrogen) atoms. The van der Waals surface area contributed by atoms with Crippen LogP contribution in [0.3, 0.4) is 0 Å². The molecule has 9 heteroatoms. The van der Waals surface area contributed by atoms with Gasteiger partial charge in [-0.3, -0.25) is 19.6 Å². The van der Waals surface area contributed by atoms with Gasteiger partial charge in [-0.05, 0) is 12.1 Å². The van der Waals surface area contributed by atoms with Crippen molar-refractivity contribution in [2.75, 3.05) is 18.9 Å². The van der Waals surface area contributed by atoms with Gasteiger partial charge < -0.3 is 10.6 Å². The lowest BCUT2D eigenvalue weighted by Crippen LogP contribution is -2.27. The van der Waals surface area contributed by atoms with E-state index in [9.17, 15) is 14.9 Å². The van der Waals surface area contributed by atoms with E-state index in [4.69, 9.17) is 0 Å². The zero-order valence-corrected chi connectivity index (χ0v) is 11.3. The van der Waals surface area contributed by atoms with Crippen molar-refractivity contribution in [2.45, 2.75) is 6.54 Å². The zero-order valence-electron chi connectivity index (χ0n) is 11.3. The second kappa shape index (κ2) is 6.46. The molecule has 0 spiro atoms. The van der Waals surface area contributed by atoms with Crippen LogP contribution in [-0.4, -0.2) is 39.4 Å². The van der Waals surface area contributed by atoms with E-state index in [1.165, 1.54) is 18.2 Å². The number of nitro groups is 1. The Balaban J connectivity index is 2.00. The number of benzene rings is 1. The van der Waals surface area contributed by atoms with Crippen LogP contribution in [0, 0.1) is 10.1 Å². The molecule has 0 aliphatic heterocycles. The van der Waals surface area contributed by atoms with Gasteiger partial charge in [-0.15, -0.1) is 5.10 Å². The number of anilines is 1. The highest BCUT2D eigenvalue weighted by Gasteiger charge is 2.15. The van der Waals surface area contributed by atoms with Crippen molar-refractivity contribution in [3.8, 4) is 0 Å². The molecule has 0 aliphatic rings. The number of nitrogens with zero attached hydrogens (tertiary/aromatic N) is 4. The van der Waals surface area contributed by atoms with Gasteiger partial charge in [0.15, 0.2) is 0 Å². The number of hydrogen-bond donors (Lipinski definition) is 2. The highest BCUT2D eigenvalue weighted by Crippen LogP contribution is 2.24. The number of aromatic nitrogens is 3. The molecule has 1 heterocycles. The molecule has 110 valence electrons. The predicted octanol–water partition coefficient (Wildman–Crippen LogP) is 0.658. The average Bonchev–Trinajstić information content (AvgIpc) is 2.99. The van der Waals surface area contributed by atoms with Crippen LogP contribution in [0.25, 0.3) is 0 Å². The molecular formula is C12H14N6O3. The summed E-state index contributed by atoms with van der Waals surface area (Å²) in [5.41, 5.74) is 0.573. The fraction of sp³-hybridized carbons (Fsp3) is 0.250. The van der Waals surface area contributed by atoms with Crippen LogP contribution in [-0.2, 0) is 6.54 Å². The Bertz CT molecular complexity index is 640. The minimum Gasteiger partial charge on any atom is -0.383 e. The fourth-order valence-electron chi connectivity index (χ4n) is 1.77. The van der Waals surface area contributed by atoms with Crippen LogP contribution in [0.1, 0.15) is 10.4 Å². The molecular weight excluding hydrogens is 276 g/mol. The van der Waals surface area contributed by atoms with Gasteiger partial charge >= 0.3 is 0 Å². The van der Waals surface area contributed by atoms with Gasteiger partial charge in [-0.1, -0.05) is 5.21 Å². The summed E-state index contributed by atoms with van der Waals surface area (Å²) < 4.78 is 1.59. The lowest BCUT2D eigenvalue weighted by Gasteiger charge is -2.07. The first-order valence-electron chi connectivity index (χ1n) is 6.20. The van der Waals surface area contributed by atoms with Gasteiger partial charge in [0, 0.05) is 31.4 Å². The van der Waals surface area contributed by atoms with E-state index in [2.05, 4.69) is 20.9 Å². The number of amides is 1. The van der Waals surface area contributed by atoms with Crippen LogP contribution < -0.4 is 10.6 Å². The standard InChI is InChI=1S/C12H14N6O3/c1-13-10-8-9(2-3-11(10)18(20)21)12(19)14-4-6-17-7-5-15-16-17/h2-3,5,7-8,13H,4,6H2,1H3,(H,14,19). The summed E-state index contributed by atoms with van der Waals surface area (Å²) in [6.07, 6.45) is 3.24. The molecule has 0 unspecified atom stereocenters. The first kappa shape index (κ1) is 14.4. The quantitative estimate of drug-likeness (QED) is 0.596. The second-order valence-corrected chi connectivity index (χ2v) is 4.16. The maximum Gasteiger partial charge on any atom is 0.292 e. The summed E-state index contributed by atoms with van der Waals surface area (Å²) in [5, 5.41) is 23.7. The van der Waals surface area contributed by atoms with Crippen LogP contribution in [0.4, 0.5) is 11.4 Å². The molecule has 1 aromatic carbocycles. The minimum atomic E-state index is -0.502. The Morgan fingerprint density at radius 2 is 2.29 bits per heavy atom. The first-order chi connectivity index (χ1) is 10.1. The number of carbonyl (C=O) groups excluding carboxylic acids is 1. The summed E-state index contributed by atoms with van der Waals surface area (Å²) in [5.74, 6) is -0.304. The number of nitrogens with one attached hydrogen (secondary N) is 2. The summed E-state index contributed by atoms with van der Waals surface area (Å²) in [6, 6.07) is 4.17. The Labute approximate surface area is 120 Å². The normalized spacial score (nSPS) is 10.1. The van der Waals surface area contributed by atoms with Crippen molar-refractivity contribution < 1.29 is 9.72 Å². The van der Waals surface area contributed by atoms with Gasteiger partial charge in [-0.25, -0.2) is 0 Å². The zero-order chi connectivity index (χ0) is 15.2. The predicted molar refractivity (Wildman–Crippen MR) is 75.0 cm³/mol. The van der Waals surface area contributed by atoms with Crippen LogP contribution in [0.5, 0.6) is 0 Å². The summed E-state index contributed by atoms with van der Waals surface area (Å²) in [7, 11) is 1.56. The van der Waals surface area contributed by atoms with Gasteiger partial charge in [0.2, 0.25) is 0 Å². The van der Waals surface area contributed by atoms with E-state index in [0.29, 0.717) is 24.3 Å². The Hall–Kier alpha value is -2.97.